The molecule has 0 unspecified atom stereocenters. The van der Waals surface area contributed by atoms with Gasteiger partial charge in [-0.25, -0.2) is 9.97 Å². The second kappa shape index (κ2) is 8.60. The zero-order valence-corrected chi connectivity index (χ0v) is 18.4. The normalized spacial score (nSPS) is 14.4. The molecule has 6 rings (SSSR count). The fourth-order valence-corrected chi connectivity index (χ4v) is 4.28. The Morgan fingerprint density at radius 2 is 1.91 bits per heavy atom. The summed E-state index contributed by atoms with van der Waals surface area (Å²) in [5.41, 5.74) is 3.16. The molecule has 0 spiro atoms. The van der Waals surface area contributed by atoms with Gasteiger partial charge in [0.2, 0.25) is 11.7 Å². The lowest BCUT2D eigenvalue weighted by molar-refractivity contribution is 0.103. The van der Waals surface area contributed by atoms with Gasteiger partial charge in [-0.05, 0) is 30.5 Å². The summed E-state index contributed by atoms with van der Waals surface area (Å²) in [6, 6.07) is 11.5. The van der Waals surface area contributed by atoms with E-state index in [1.165, 1.54) is 0 Å². The quantitative estimate of drug-likeness (QED) is 0.402. The summed E-state index contributed by atoms with van der Waals surface area (Å²) in [4.78, 5) is 40.9. The van der Waals surface area contributed by atoms with E-state index in [4.69, 9.17) is 0 Å². The number of hydrogen-bond acceptors (Lipinski definition) is 8. The highest BCUT2D eigenvalue weighted by atomic mass is 16.1. The number of nitrogens with zero attached hydrogens (tertiary/aromatic N) is 6. The number of aromatic nitrogens is 6. The number of aromatic amines is 1. The fourth-order valence-electron chi connectivity index (χ4n) is 4.28. The predicted molar refractivity (Wildman–Crippen MR) is 130 cm³/mol. The Morgan fingerprint density at radius 3 is 2.88 bits per heavy atom. The van der Waals surface area contributed by atoms with Crippen LogP contribution in [0.4, 0.5) is 5.95 Å². The summed E-state index contributed by atoms with van der Waals surface area (Å²) in [6.07, 6.45) is 7.95. The van der Waals surface area contributed by atoms with Crippen LogP contribution in [0.25, 0.3) is 33.2 Å². The van der Waals surface area contributed by atoms with Crippen LogP contribution in [0.2, 0.25) is 0 Å². The second-order valence-electron chi connectivity index (χ2n) is 8.25. The van der Waals surface area contributed by atoms with Crippen molar-refractivity contribution in [1.82, 2.24) is 35.2 Å². The largest absolute Gasteiger partial charge is 0.339 e. The number of H-pyrrole nitrogens is 1. The summed E-state index contributed by atoms with van der Waals surface area (Å²) in [5, 5.41) is 5.43. The van der Waals surface area contributed by atoms with Gasteiger partial charge in [0.05, 0.1) is 11.9 Å². The van der Waals surface area contributed by atoms with Crippen molar-refractivity contribution < 1.29 is 4.79 Å². The highest BCUT2D eigenvalue weighted by molar-refractivity contribution is 6.08. The van der Waals surface area contributed by atoms with Crippen molar-refractivity contribution in [2.24, 2.45) is 0 Å². The number of imidazole rings is 1. The molecule has 0 atom stereocenters. The molecule has 2 N–H and O–H groups in total. The van der Waals surface area contributed by atoms with Gasteiger partial charge in [0.1, 0.15) is 5.52 Å². The smallest absolute Gasteiger partial charge is 0.228 e. The Hall–Kier alpha value is -4.24. The minimum atomic E-state index is -0.227. The molecule has 9 nitrogen and oxygen atoms in total. The Morgan fingerprint density at radius 1 is 0.971 bits per heavy atom. The van der Waals surface area contributed by atoms with E-state index in [2.05, 4.69) is 40.1 Å². The molecule has 34 heavy (non-hydrogen) atoms. The van der Waals surface area contributed by atoms with Crippen molar-refractivity contribution in [3.63, 3.8) is 0 Å². The number of carbonyl (C=O) groups is 1. The number of benzene rings is 1. The highest BCUT2D eigenvalue weighted by Crippen LogP contribution is 2.27. The van der Waals surface area contributed by atoms with Gasteiger partial charge in [-0.2, -0.15) is 4.98 Å². The molecular weight excluding hydrogens is 428 g/mol. The molecule has 1 fully saturated rings. The van der Waals surface area contributed by atoms with Gasteiger partial charge >= 0.3 is 0 Å². The molecule has 0 radical (unpaired) electrons. The molecule has 1 aliphatic rings. The van der Waals surface area contributed by atoms with Gasteiger partial charge in [0.15, 0.2) is 11.5 Å². The van der Waals surface area contributed by atoms with Crippen molar-refractivity contribution in [1.29, 1.82) is 0 Å². The van der Waals surface area contributed by atoms with Gasteiger partial charge in [-0.1, -0.05) is 24.3 Å². The van der Waals surface area contributed by atoms with E-state index in [-0.39, 0.29) is 11.6 Å². The number of ketones is 1. The maximum atomic E-state index is 13.3. The van der Waals surface area contributed by atoms with Crippen LogP contribution in [0.5, 0.6) is 0 Å². The fraction of sp³-hybridized carbons (Fsp3) is 0.200. The van der Waals surface area contributed by atoms with Crippen LogP contribution >= 0.6 is 0 Å². The maximum Gasteiger partial charge on any atom is 0.228 e. The maximum absolute atomic E-state index is 13.3. The van der Waals surface area contributed by atoms with Gasteiger partial charge in [0.25, 0.3) is 0 Å². The Kier molecular flexibility index (Phi) is 5.15. The molecule has 5 heterocycles. The molecule has 1 aromatic carbocycles. The minimum absolute atomic E-state index is 0.227. The van der Waals surface area contributed by atoms with Gasteiger partial charge in [-0.3, -0.25) is 14.8 Å². The number of fused-ring (bicyclic) bond motifs is 2. The SMILES string of the molecule is O=C(c1ccnc(-c2cncc3ccccc23)c1)c1nc2nc(N3CCCNCC3)ncc2[nH]1. The monoisotopic (exact) mass is 450 g/mol. The van der Waals surface area contributed by atoms with E-state index >= 15 is 0 Å². The lowest BCUT2D eigenvalue weighted by Crippen LogP contribution is -2.29. The van der Waals surface area contributed by atoms with Gasteiger partial charge in [0, 0.05) is 54.7 Å². The van der Waals surface area contributed by atoms with Crippen LogP contribution in [0.1, 0.15) is 22.6 Å². The summed E-state index contributed by atoms with van der Waals surface area (Å²) < 4.78 is 0. The molecule has 1 aliphatic heterocycles. The van der Waals surface area contributed by atoms with Crippen LogP contribution < -0.4 is 10.2 Å². The molecule has 0 saturated carbocycles. The van der Waals surface area contributed by atoms with Gasteiger partial charge < -0.3 is 15.2 Å². The molecule has 0 amide bonds. The van der Waals surface area contributed by atoms with Crippen LogP contribution in [0.15, 0.2) is 61.2 Å². The van der Waals surface area contributed by atoms with E-state index in [0.717, 1.165) is 48.9 Å². The van der Waals surface area contributed by atoms with Crippen LogP contribution in [0.3, 0.4) is 0 Å². The van der Waals surface area contributed by atoms with Crippen LogP contribution in [-0.2, 0) is 0 Å². The first-order valence-electron chi connectivity index (χ1n) is 11.3. The molecular formula is C25H22N8O. The number of hydrogen-bond donors (Lipinski definition) is 2. The van der Waals surface area contributed by atoms with Crippen molar-refractivity contribution in [3.8, 4) is 11.3 Å². The predicted octanol–water partition coefficient (Wildman–Crippen LogP) is 2.99. The van der Waals surface area contributed by atoms with Crippen LogP contribution in [-0.4, -0.2) is 61.9 Å². The molecule has 0 aliphatic carbocycles. The Bertz CT molecular complexity index is 1500. The lowest BCUT2D eigenvalue weighted by atomic mass is 10.0. The first kappa shape index (κ1) is 20.4. The summed E-state index contributed by atoms with van der Waals surface area (Å²) >= 11 is 0. The summed E-state index contributed by atoms with van der Waals surface area (Å²) in [7, 11) is 0. The van der Waals surface area contributed by atoms with E-state index in [0.29, 0.717) is 28.4 Å². The number of rotatable bonds is 4. The molecule has 0 bridgehead atoms. The zero-order chi connectivity index (χ0) is 22.9. The second-order valence-corrected chi connectivity index (χ2v) is 8.25. The Labute approximate surface area is 195 Å². The summed E-state index contributed by atoms with van der Waals surface area (Å²) in [6.45, 7) is 3.60. The third-order valence-electron chi connectivity index (χ3n) is 6.03. The third-order valence-corrected chi connectivity index (χ3v) is 6.03. The first-order valence-corrected chi connectivity index (χ1v) is 11.3. The third kappa shape index (κ3) is 3.75. The summed E-state index contributed by atoms with van der Waals surface area (Å²) in [5.74, 6) is 0.638. The van der Waals surface area contributed by atoms with E-state index < -0.39 is 0 Å². The molecule has 4 aromatic heterocycles. The Balaban J connectivity index is 1.33. The minimum Gasteiger partial charge on any atom is -0.339 e. The van der Waals surface area contributed by atoms with E-state index in [9.17, 15) is 4.79 Å². The topological polar surface area (TPSA) is 113 Å². The molecule has 9 heteroatoms. The van der Waals surface area contributed by atoms with Crippen molar-refractivity contribution >= 4 is 33.7 Å². The lowest BCUT2D eigenvalue weighted by Gasteiger charge is -2.19. The first-order chi connectivity index (χ1) is 16.8. The number of anilines is 1. The number of nitrogens with one attached hydrogen (secondary N) is 2. The average Bonchev–Trinajstić information content (AvgIpc) is 3.13. The molecule has 5 aromatic rings. The molecule has 1 saturated heterocycles. The van der Waals surface area contributed by atoms with E-state index in [1.54, 1.807) is 30.7 Å². The van der Waals surface area contributed by atoms with Gasteiger partial charge in [-0.15, -0.1) is 0 Å². The zero-order valence-electron chi connectivity index (χ0n) is 18.4. The molecule has 168 valence electrons. The van der Waals surface area contributed by atoms with Crippen molar-refractivity contribution in [2.45, 2.75) is 6.42 Å². The van der Waals surface area contributed by atoms with Crippen molar-refractivity contribution in [3.05, 3.63) is 72.6 Å². The van der Waals surface area contributed by atoms with Crippen molar-refractivity contribution in [2.75, 3.05) is 31.1 Å². The average molecular weight is 451 g/mol. The highest BCUT2D eigenvalue weighted by Gasteiger charge is 2.18. The van der Waals surface area contributed by atoms with E-state index in [1.807, 2.05) is 30.5 Å². The van der Waals surface area contributed by atoms with Crippen LogP contribution in [0, 0.1) is 0 Å². The number of carbonyl (C=O) groups excluding carboxylic acids is 1. The standard InChI is InChI=1S/C25H22N8O/c34-22(16-6-8-28-20(12-16)19-14-27-13-17-4-1-2-5-18(17)19)24-30-21-15-29-25(32-23(21)31-24)33-10-3-7-26-9-11-33/h1-2,4-6,8,12-15,26H,3,7,9-11H2,(H,29,30,31,32). The number of pyridine rings is 2.